The summed E-state index contributed by atoms with van der Waals surface area (Å²) in [5, 5.41) is 2.60. The van der Waals surface area contributed by atoms with E-state index in [2.05, 4.69) is 17.4 Å². The first-order valence-electron chi connectivity index (χ1n) is 8.28. The first-order valence-corrected chi connectivity index (χ1v) is 8.28. The number of benzene rings is 1. The molecule has 1 atom stereocenters. The molecule has 0 radical (unpaired) electrons. The number of amides is 3. The van der Waals surface area contributed by atoms with Crippen molar-refractivity contribution >= 4 is 17.7 Å². The van der Waals surface area contributed by atoms with Crippen molar-refractivity contribution in [2.24, 2.45) is 0 Å². The lowest BCUT2D eigenvalue weighted by atomic mass is 9.96. The van der Waals surface area contributed by atoms with Gasteiger partial charge in [0.25, 0.3) is 0 Å². The maximum absolute atomic E-state index is 12.7. The van der Waals surface area contributed by atoms with Crippen LogP contribution in [0.3, 0.4) is 0 Å². The molecule has 3 rings (SSSR count). The summed E-state index contributed by atoms with van der Waals surface area (Å²) in [6, 6.07) is 3.62. The molecular weight excluding hydrogens is 306 g/mol. The molecule has 2 aliphatic rings. The lowest BCUT2D eigenvalue weighted by Crippen LogP contribution is -2.66. The highest BCUT2D eigenvalue weighted by molar-refractivity contribution is 5.95. The summed E-state index contributed by atoms with van der Waals surface area (Å²) in [4.78, 5) is 39.9. The lowest BCUT2D eigenvalue weighted by Gasteiger charge is -2.43. The zero-order valence-electron chi connectivity index (χ0n) is 14.4. The number of carbonyl (C=O) groups excluding carboxylic acids is 3. The number of hydrogen-bond acceptors (Lipinski definition) is 3. The second kappa shape index (κ2) is 6.26. The van der Waals surface area contributed by atoms with E-state index in [0.717, 1.165) is 16.7 Å². The van der Waals surface area contributed by atoms with Crippen molar-refractivity contribution in [2.75, 3.05) is 26.2 Å². The van der Waals surface area contributed by atoms with Gasteiger partial charge in [-0.25, -0.2) is 0 Å². The van der Waals surface area contributed by atoms with E-state index < -0.39 is 6.04 Å². The molecule has 6 nitrogen and oxygen atoms in total. The fraction of sp³-hybridized carbons (Fsp3) is 0.500. The Morgan fingerprint density at radius 3 is 2.50 bits per heavy atom. The predicted octanol–water partition coefficient (Wildman–Crippen LogP) is 0.324. The third kappa shape index (κ3) is 3.00. The standard InChI is InChI=1S/C18H23N3O3/c1-11-6-12(2)14(13(3)7-11)8-16(22)20-4-5-21-15(10-20)18(24)19-9-17(21)23/h6-7,15H,4-5,8-10H2,1-3H3,(H,19,24)/t15-/m1/s1. The third-order valence-electron chi connectivity index (χ3n) is 4.94. The molecule has 2 fully saturated rings. The van der Waals surface area contributed by atoms with Gasteiger partial charge in [0.05, 0.1) is 19.5 Å². The first-order chi connectivity index (χ1) is 11.4. The van der Waals surface area contributed by atoms with Crippen LogP contribution < -0.4 is 5.32 Å². The van der Waals surface area contributed by atoms with E-state index in [4.69, 9.17) is 0 Å². The Bertz CT molecular complexity index is 690. The van der Waals surface area contributed by atoms with Crippen molar-refractivity contribution in [1.82, 2.24) is 15.1 Å². The van der Waals surface area contributed by atoms with Gasteiger partial charge in [-0.15, -0.1) is 0 Å². The van der Waals surface area contributed by atoms with Crippen LogP contribution in [-0.4, -0.2) is 59.7 Å². The number of nitrogens with one attached hydrogen (secondary N) is 1. The van der Waals surface area contributed by atoms with Crippen molar-refractivity contribution in [2.45, 2.75) is 33.2 Å². The summed E-state index contributed by atoms with van der Waals surface area (Å²) >= 11 is 0. The molecule has 0 saturated carbocycles. The summed E-state index contributed by atoms with van der Waals surface area (Å²) in [6.45, 7) is 7.34. The van der Waals surface area contributed by atoms with Crippen molar-refractivity contribution in [3.63, 3.8) is 0 Å². The van der Waals surface area contributed by atoms with Crippen LogP contribution in [0.1, 0.15) is 22.3 Å². The highest BCUT2D eigenvalue weighted by atomic mass is 16.2. The van der Waals surface area contributed by atoms with Crippen molar-refractivity contribution < 1.29 is 14.4 Å². The number of fused-ring (bicyclic) bond motifs is 1. The topological polar surface area (TPSA) is 69.7 Å². The van der Waals surface area contributed by atoms with Crippen LogP contribution in [0.4, 0.5) is 0 Å². The summed E-state index contributed by atoms with van der Waals surface area (Å²) < 4.78 is 0. The maximum atomic E-state index is 12.7. The Kier molecular flexibility index (Phi) is 4.30. The highest BCUT2D eigenvalue weighted by Crippen LogP contribution is 2.19. The van der Waals surface area contributed by atoms with Gasteiger partial charge in [0.15, 0.2) is 0 Å². The van der Waals surface area contributed by atoms with Crippen LogP contribution >= 0.6 is 0 Å². The molecule has 128 valence electrons. The van der Waals surface area contributed by atoms with E-state index in [9.17, 15) is 14.4 Å². The van der Waals surface area contributed by atoms with Crippen molar-refractivity contribution in [3.05, 3.63) is 34.4 Å². The van der Waals surface area contributed by atoms with Gasteiger partial charge in [-0.2, -0.15) is 0 Å². The quantitative estimate of drug-likeness (QED) is 0.850. The molecule has 1 aromatic carbocycles. The molecule has 0 unspecified atom stereocenters. The molecule has 0 aliphatic carbocycles. The van der Waals surface area contributed by atoms with E-state index in [1.807, 2.05) is 20.8 Å². The number of aryl methyl sites for hydroxylation is 3. The molecule has 1 aromatic rings. The van der Waals surface area contributed by atoms with Gasteiger partial charge in [0, 0.05) is 13.1 Å². The Labute approximate surface area is 141 Å². The van der Waals surface area contributed by atoms with E-state index >= 15 is 0 Å². The molecule has 3 amide bonds. The van der Waals surface area contributed by atoms with Crippen LogP contribution in [-0.2, 0) is 20.8 Å². The summed E-state index contributed by atoms with van der Waals surface area (Å²) in [7, 11) is 0. The number of hydrogen-bond donors (Lipinski definition) is 1. The SMILES string of the molecule is Cc1cc(C)c(CC(=O)N2CCN3C(=O)CNC(=O)[C@H]3C2)c(C)c1. The number of nitrogens with zero attached hydrogens (tertiary/aromatic N) is 2. The fourth-order valence-corrected chi connectivity index (χ4v) is 3.67. The van der Waals surface area contributed by atoms with Crippen LogP contribution in [0.25, 0.3) is 0 Å². The zero-order valence-corrected chi connectivity index (χ0v) is 14.4. The van der Waals surface area contributed by atoms with E-state index in [1.54, 1.807) is 9.80 Å². The van der Waals surface area contributed by atoms with Crippen LogP contribution in [0.5, 0.6) is 0 Å². The molecule has 2 saturated heterocycles. The van der Waals surface area contributed by atoms with Gasteiger partial charge >= 0.3 is 0 Å². The lowest BCUT2D eigenvalue weighted by molar-refractivity contribution is -0.152. The Balaban J connectivity index is 1.73. The second-order valence-corrected chi connectivity index (χ2v) is 6.71. The summed E-state index contributed by atoms with van der Waals surface area (Å²) in [5.41, 5.74) is 4.47. The Morgan fingerprint density at radius 2 is 1.83 bits per heavy atom. The normalized spacial score (nSPS) is 20.7. The zero-order chi connectivity index (χ0) is 17.4. The molecular formula is C18H23N3O3. The molecule has 24 heavy (non-hydrogen) atoms. The molecule has 2 aliphatic heterocycles. The Hall–Kier alpha value is -2.37. The average molecular weight is 329 g/mol. The second-order valence-electron chi connectivity index (χ2n) is 6.71. The van der Waals surface area contributed by atoms with Gasteiger partial charge in [-0.3, -0.25) is 14.4 Å². The van der Waals surface area contributed by atoms with Crippen molar-refractivity contribution in [3.8, 4) is 0 Å². The third-order valence-corrected chi connectivity index (χ3v) is 4.94. The fourth-order valence-electron chi connectivity index (χ4n) is 3.67. The van der Waals surface area contributed by atoms with Crippen molar-refractivity contribution in [1.29, 1.82) is 0 Å². The van der Waals surface area contributed by atoms with Gasteiger partial charge in [0.1, 0.15) is 6.04 Å². The van der Waals surface area contributed by atoms with Gasteiger partial charge < -0.3 is 15.1 Å². The number of rotatable bonds is 2. The molecule has 1 N–H and O–H groups in total. The van der Waals surface area contributed by atoms with Gasteiger partial charge in [0.2, 0.25) is 17.7 Å². The van der Waals surface area contributed by atoms with E-state index in [-0.39, 0.29) is 30.8 Å². The first kappa shape index (κ1) is 16.5. The summed E-state index contributed by atoms with van der Waals surface area (Å²) in [5.74, 6) is -0.234. The summed E-state index contributed by atoms with van der Waals surface area (Å²) in [6.07, 6.45) is 0.334. The van der Waals surface area contributed by atoms with Crippen LogP contribution in [0, 0.1) is 20.8 Å². The molecule has 0 aromatic heterocycles. The van der Waals surface area contributed by atoms with Gasteiger partial charge in [-0.05, 0) is 37.5 Å². The minimum Gasteiger partial charge on any atom is -0.345 e. The minimum absolute atomic E-state index is 0.00975. The Morgan fingerprint density at radius 1 is 1.17 bits per heavy atom. The van der Waals surface area contributed by atoms with Crippen LogP contribution in [0.15, 0.2) is 12.1 Å². The largest absolute Gasteiger partial charge is 0.345 e. The minimum atomic E-state index is -0.552. The monoisotopic (exact) mass is 329 g/mol. The molecule has 2 heterocycles. The van der Waals surface area contributed by atoms with Crippen LogP contribution in [0.2, 0.25) is 0 Å². The number of carbonyl (C=O) groups is 3. The molecule has 0 spiro atoms. The average Bonchev–Trinajstić information content (AvgIpc) is 2.54. The maximum Gasteiger partial charge on any atom is 0.245 e. The smallest absolute Gasteiger partial charge is 0.245 e. The predicted molar refractivity (Wildman–Crippen MR) is 89.4 cm³/mol. The van der Waals surface area contributed by atoms with E-state index in [1.165, 1.54) is 5.56 Å². The highest BCUT2D eigenvalue weighted by Gasteiger charge is 2.39. The van der Waals surface area contributed by atoms with E-state index in [0.29, 0.717) is 19.5 Å². The van der Waals surface area contributed by atoms with Gasteiger partial charge in [-0.1, -0.05) is 17.7 Å². The number of piperazine rings is 2. The molecule has 6 heteroatoms. The molecule has 0 bridgehead atoms.